The molecule has 0 unspecified atom stereocenters. The molecule has 1 N–H and O–H groups in total. The van der Waals surface area contributed by atoms with Crippen molar-refractivity contribution in [1.82, 2.24) is 0 Å². The van der Waals surface area contributed by atoms with E-state index in [1.165, 1.54) is 7.11 Å². The number of hydrogen-bond acceptors (Lipinski definition) is 2. The second kappa shape index (κ2) is 6.26. The fourth-order valence-corrected chi connectivity index (χ4v) is 2.00. The molecule has 2 aromatic carbocycles. The maximum atomic E-state index is 11.5. The van der Waals surface area contributed by atoms with E-state index in [1.54, 1.807) is 48.5 Å². The molecule has 0 amide bonds. The number of aliphatic carboxylic acids is 1. The standard InChI is InChI=1S/C16H13ClO3/c1-20-13-7-4-6-11(9-13)14(16(18)19)10-12-5-2-3-8-15(12)17/h2-10H,1H3,(H,18,19)/b14-10+. The van der Waals surface area contributed by atoms with E-state index in [2.05, 4.69) is 0 Å². The Balaban J connectivity index is 2.51. The molecule has 4 heteroatoms. The third kappa shape index (κ3) is 3.19. The number of halogens is 1. The molecule has 0 aliphatic rings. The molecule has 0 heterocycles. The molecule has 102 valence electrons. The second-order valence-electron chi connectivity index (χ2n) is 4.12. The second-order valence-corrected chi connectivity index (χ2v) is 4.52. The number of methoxy groups -OCH3 is 1. The molecule has 0 atom stereocenters. The molecule has 0 spiro atoms. The van der Waals surface area contributed by atoms with Crippen LogP contribution >= 0.6 is 11.6 Å². The van der Waals surface area contributed by atoms with Gasteiger partial charge in [-0.05, 0) is 35.4 Å². The van der Waals surface area contributed by atoms with Crippen molar-refractivity contribution in [1.29, 1.82) is 0 Å². The summed E-state index contributed by atoms with van der Waals surface area (Å²) in [5.74, 6) is -0.410. The molecule has 0 saturated carbocycles. The van der Waals surface area contributed by atoms with Crippen LogP contribution in [0.5, 0.6) is 5.75 Å². The Morgan fingerprint density at radius 2 is 1.95 bits per heavy atom. The molecule has 3 nitrogen and oxygen atoms in total. The lowest BCUT2D eigenvalue weighted by atomic mass is 10.0. The van der Waals surface area contributed by atoms with Crippen molar-refractivity contribution in [2.45, 2.75) is 0 Å². The fraction of sp³-hybridized carbons (Fsp3) is 0.0625. The maximum Gasteiger partial charge on any atom is 0.336 e. The first-order valence-electron chi connectivity index (χ1n) is 5.96. The third-order valence-electron chi connectivity index (χ3n) is 2.82. The van der Waals surface area contributed by atoms with Crippen LogP contribution in [0.1, 0.15) is 11.1 Å². The minimum atomic E-state index is -1.02. The first-order valence-corrected chi connectivity index (χ1v) is 6.33. The zero-order valence-corrected chi connectivity index (χ0v) is 11.6. The van der Waals surface area contributed by atoms with Crippen LogP contribution in [-0.4, -0.2) is 18.2 Å². The van der Waals surface area contributed by atoms with E-state index >= 15 is 0 Å². The average Bonchev–Trinajstić information content (AvgIpc) is 2.46. The average molecular weight is 289 g/mol. The predicted octanol–water partition coefficient (Wildman–Crippen LogP) is 3.97. The highest BCUT2D eigenvalue weighted by Crippen LogP contribution is 2.25. The highest BCUT2D eigenvalue weighted by Gasteiger charge is 2.12. The highest BCUT2D eigenvalue weighted by molar-refractivity contribution is 6.33. The first-order chi connectivity index (χ1) is 9.61. The van der Waals surface area contributed by atoms with E-state index < -0.39 is 5.97 Å². The smallest absolute Gasteiger partial charge is 0.336 e. The minimum absolute atomic E-state index is 0.164. The number of carbonyl (C=O) groups is 1. The van der Waals surface area contributed by atoms with Gasteiger partial charge in [0, 0.05) is 5.02 Å². The van der Waals surface area contributed by atoms with Crippen molar-refractivity contribution in [2.75, 3.05) is 7.11 Å². The van der Waals surface area contributed by atoms with Crippen molar-refractivity contribution in [3.05, 3.63) is 64.7 Å². The van der Waals surface area contributed by atoms with E-state index in [-0.39, 0.29) is 5.57 Å². The Morgan fingerprint density at radius 1 is 1.20 bits per heavy atom. The van der Waals surface area contributed by atoms with E-state index in [4.69, 9.17) is 16.3 Å². The van der Waals surface area contributed by atoms with Crippen LogP contribution in [0.3, 0.4) is 0 Å². The van der Waals surface area contributed by atoms with Gasteiger partial charge < -0.3 is 9.84 Å². The Labute approximate surface area is 122 Å². The minimum Gasteiger partial charge on any atom is -0.497 e. The summed E-state index contributed by atoms with van der Waals surface area (Å²) in [7, 11) is 1.54. The quantitative estimate of drug-likeness (QED) is 0.684. The van der Waals surface area contributed by atoms with Crippen molar-refractivity contribution >= 4 is 29.2 Å². The van der Waals surface area contributed by atoms with E-state index in [9.17, 15) is 9.90 Å². The summed E-state index contributed by atoms with van der Waals surface area (Å²) in [4.78, 5) is 11.5. The third-order valence-corrected chi connectivity index (χ3v) is 3.16. The van der Waals surface area contributed by atoms with Gasteiger partial charge in [0.05, 0.1) is 12.7 Å². The molecule has 2 rings (SSSR count). The summed E-state index contributed by atoms with van der Waals surface area (Å²) < 4.78 is 5.11. The Morgan fingerprint density at radius 3 is 2.60 bits per heavy atom. The maximum absolute atomic E-state index is 11.5. The topological polar surface area (TPSA) is 46.5 Å². The zero-order chi connectivity index (χ0) is 14.5. The number of ether oxygens (including phenoxy) is 1. The molecule has 2 aromatic rings. The molecule has 0 fully saturated rings. The summed E-state index contributed by atoms with van der Waals surface area (Å²) in [5, 5.41) is 9.90. The van der Waals surface area contributed by atoms with Gasteiger partial charge in [0.25, 0.3) is 0 Å². The lowest BCUT2D eigenvalue weighted by Gasteiger charge is -2.06. The van der Waals surface area contributed by atoms with E-state index in [0.29, 0.717) is 21.9 Å². The Bertz CT molecular complexity index is 662. The van der Waals surface area contributed by atoms with Crippen LogP contribution < -0.4 is 4.74 Å². The van der Waals surface area contributed by atoms with Gasteiger partial charge in [-0.2, -0.15) is 0 Å². The fourth-order valence-electron chi connectivity index (χ4n) is 1.81. The monoisotopic (exact) mass is 288 g/mol. The molecule has 0 bridgehead atoms. The molecule has 0 aliphatic carbocycles. The van der Waals surface area contributed by atoms with Crippen LogP contribution in [0.25, 0.3) is 11.6 Å². The van der Waals surface area contributed by atoms with Gasteiger partial charge in [-0.1, -0.05) is 41.9 Å². The van der Waals surface area contributed by atoms with Gasteiger partial charge in [0.2, 0.25) is 0 Å². The Hall–Kier alpha value is -2.26. The molecule has 20 heavy (non-hydrogen) atoms. The molecule has 0 radical (unpaired) electrons. The number of rotatable bonds is 4. The normalized spacial score (nSPS) is 11.2. The van der Waals surface area contributed by atoms with E-state index in [0.717, 1.165) is 0 Å². The van der Waals surface area contributed by atoms with Crippen LogP contribution in [0.15, 0.2) is 48.5 Å². The number of benzene rings is 2. The van der Waals surface area contributed by atoms with Gasteiger partial charge in [-0.3, -0.25) is 0 Å². The molecule has 0 saturated heterocycles. The molecule has 0 aromatic heterocycles. The molecular formula is C16H13ClO3. The predicted molar refractivity (Wildman–Crippen MR) is 80.0 cm³/mol. The molecule has 0 aliphatic heterocycles. The van der Waals surface area contributed by atoms with Gasteiger partial charge in [0.1, 0.15) is 5.75 Å². The summed E-state index contributed by atoms with van der Waals surface area (Å²) in [6.07, 6.45) is 1.56. The van der Waals surface area contributed by atoms with Crippen LogP contribution in [-0.2, 0) is 4.79 Å². The van der Waals surface area contributed by atoms with Crippen molar-refractivity contribution < 1.29 is 14.6 Å². The van der Waals surface area contributed by atoms with E-state index in [1.807, 2.05) is 6.07 Å². The summed E-state index contributed by atoms with van der Waals surface area (Å²) >= 11 is 6.06. The summed E-state index contributed by atoms with van der Waals surface area (Å²) in [6, 6.07) is 14.0. The lowest BCUT2D eigenvalue weighted by Crippen LogP contribution is -2.00. The number of carboxylic acids is 1. The van der Waals surface area contributed by atoms with Crippen molar-refractivity contribution in [3.8, 4) is 5.75 Å². The summed E-state index contributed by atoms with van der Waals surface area (Å²) in [6.45, 7) is 0. The van der Waals surface area contributed by atoms with Crippen LogP contribution in [0, 0.1) is 0 Å². The lowest BCUT2D eigenvalue weighted by molar-refractivity contribution is -0.130. The first kappa shape index (κ1) is 14.2. The van der Waals surface area contributed by atoms with Crippen molar-refractivity contribution in [2.24, 2.45) is 0 Å². The van der Waals surface area contributed by atoms with Crippen molar-refractivity contribution in [3.63, 3.8) is 0 Å². The van der Waals surface area contributed by atoms with Crippen LogP contribution in [0.2, 0.25) is 5.02 Å². The Kier molecular flexibility index (Phi) is 4.43. The summed E-state index contributed by atoms with van der Waals surface area (Å²) in [5.41, 5.74) is 1.39. The SMILES string of the molecule is COc1cccc(/C(=C\c2ccccc2Cl)C(=O)O)c1. The highest BCUT2D eigenvalue weighted by atomic mass is 35.5. The zero-order valence-electron chi connectivity index (χ0n) is 10.8. The van der Waals surface area contributed by atoms with Gasteiger partial charge in [-0.15, -0.1) is 0 Å². The van der Waals surface area contributed by atoms with Gasteiger partial charge in [-0.25, -0.2) is 4.79 Å². The number of carboxylic acid groups (broad SMARTS) is 1. The largest absolute Gasteiger partial charge is 0.497 e. The number of hydrogen-bond donors (Lipinski definition) is 1. The molecular weight excluding hydrogens is 276 g/mol. The van der Waals surface area contributed by atoms with Gasteiger partial charge in [0.15, 0.2) is 0 Å². The van der Waals surface area contributed by atoms with Gasteiger partial charge >= 0.3 is 5.97 Å². The van der Waals surface area contributed by atoms with Crippen LogP contribution in [0.4, 0.5) is 0 Å².